The smallest absolute Gasteiger partial charge is 0.387 e. The number of rotatable bonds is 8. The van der Waals surface area contributed by atoms with Crippen LogP contribution in [0.4, 0.5) is 8.78 Å². The molecule has 0 fully saturated rings. The maximum Gasteiger partial charge on any atom is 0.387 e. The number of H-pyrrole nitrogens is 1. The lowest BCUT2D eigenvalue weighted by Gasteiger charge is -2.08. The number of alkyl halides is 2. The number of carbonyl (C=O) groups excluding carboxylic acids is 1. The molecule has 1 aromatic heterocycles. The standard InChI is InChI=1S/C15H18F2N4O2.ClH/c1-18-6-3-7-19-14(22)12-9-20-21-13(12)10-4-2-5-11(8-10)23-15(16)17;/h2,4-5,8-9,15,18H,3,6-7H2,1H3,(H,19,22)(H,20,21);1H. The molecule has 0 bridgehead atoms. The van der Waals surface area contributed by atoms with Crippen LogP contribution >= 0.6 is 12.4 Å². The first-order chi connectivity index (χ1) is 11.1. The van der Waals surface area contributed by atoms with Crippen molar-refractivity contribution in [2.75, 3.05) is 20.1 Å². The van der Waals surface area contributed by atoms with E-state index in [2.05, 4.69) is 25.6 Å². The summed E-state index contributed by atoms with van der Waals surface area (Å²) >= 11 is 0. The van der Waals surface area contributed by atoms with Gasteiger partial charge in [-0.25, -0.2) is 0 Å². The summed E-state index contributed by atoms with van der Waals surface area (Å²) in [4.78, 5) is 12.2. The molecule has 24 heavy (non-hydrogen) atoms. The summed E-state index contributed by atoms with van der Waals surface area (Å²) < 4.78 is 29.0. The highest BCUT2D eigenvalue weighted by atomic mass is 35.5. The van der Waals surface area contributed by atoms with Crippen LogP contribution in [0.3, 0.4) is 0 Å². The third-order valence-corrected chi connectivity index (χ3v) is 3.12. The second kappa shape index (κ2) is 9.84. The fourth-order valence-electron chi connectivity index (χ4n) is 2.07. The van der Waals surface area contributed by atoms with Gasteiger partial charge in [0.15, 0.2) is 0 Å². The van der Waals surface area contributed by atoms with E-state index in [1.807, 2.05) is 7.05 Å². The number of amides is 1. The summed E-state index contributed by atoms with van der Waals surface area (Å²) in [6, 6.07) is 6.10. The lowest BCUT2D eigenvalue weighted by atomic mass is 10.1. The van der Waals surface area contributed by atoms with E-state index in [4.69, 9.17) is 0 Å². The zero-order valence-corrected chi connectivity index (χ0v) is 13.8. The molecule has 0 aliphatic rings. The molecule has 132 valence electrons. The van der Waals surface area contributed by atoms with Crippen LogP contribution in [0.15, 0.2) is 30.5 Å². The van der Waals surface area contributed by atoms with Gasteiger partial charge in [-0.05, 0) is 32.1 Å². The number of benzene rings is 1. The van der Waals surface area contributed by atoms with E-state index in [0.717, 1.165) is 13.0 Å². The first kappa shape index (κ1) is 19.9. The average molecular weight is 361 g/mol. The molecule has 1 heterocycles. The molecule has 0 radical (unpaired) electrons. The number of hydrogen-bond acceptors (Lipinski definition) is 4. The topological polar surface area (TPSA) is 79.0 Å². The Bertz CT molecular complexity index is 652. The Morgan fingerprint density at radius 3 is 2.88 bits per heavy atom. The average Bonchev–Trinajstić information content (AvgIpc) is 3.00. The number of aromatic amines is 1. The van der Waals surface area contributed by atoms with E-state index in [1.165, 1.54) is 18.3 Å². The maximum atomic E-state index is 12.3. The highest BCUT2D eigenvalue weighted by Gasteiger charge is 2.15. The Balaban J connectivity index is 0.00000288. The predicted molar refractivity (Wildman–Crippen MR) is 88.8 cm³/mol. The van der Waals surface area contributed by atoms with Crippen molar-refractivity contribution in [2.24, 2.45) is 0 Å². The van der Waals surface area contributed by atoms with Gasteiger partial charge in [-0.1, -0.05) is 12.1 Å². The van der Waals surface area contributed by atoms with Crippen molar-refractivity contribution >= 4 is 18.3 Å². The number of ether oxygens (including phenoxy) is 1. The first-order valence-corrected chi connectivity index (χ1v) is 7.13. The molecule has 0 spiro atoms. The minimum atomic E-state index is -2.90. The highest BCUT2D eigenvalue weighted by Crippen LogP contribution is 2.25. The van der Waals surface area contributed by atoms with Crippen LogP contribution in [-0.2, 0) is 0 Å². The van der Waals surface area contributed by atoms with Crippen molar-refractivity contribution in [1.29, 1.82) is 0 Å². The lowest BCUT2D eigenvalue weighted by Crippen LogP contribution is -2.26. The molecule has 0 unspecified atom stereocenters. The summed E-state index contributed by atoms with van der Waals surface area (Å²) in [7, 11) is 1.84. The van der Waals surface area contributed by atoms with Crippen molar-refractivity contribution < 1.29 is 18.3 Å². The number of halogens is 3. The van der Waals surface area contributed by atoms with Gasteiger partial charge in [-0.3, -0.25) is 9.89 Å². The Hall–Kier alpha value is -2.19. The van der Waals surface area contributed by atoms with Crippen LogP contribution < -0.4 is 15.4 Å². The highest BCUT2D eigenvalue weighted by molar-refractivity contribution is 5.99. The Labute approximate surface area is 144 Å². The summed E-state index contributed by atoms with van der Waals surface area (Å²) in [5, 5.41) is 12.4. The quantitative estimate of drug-likeness (QED) is 0.632. The molecule has 3 N–H and O–H groups in total. The zero-order valence-electron chi connectivity index (χ0n) is 13.0. The van der Waals surface area contributed by atoms with Crippen molar-refractivity contribution in [2.45, 2.75) is 13.0 Å². The van der Waals surface area contributed by atoms with E-state index in [9.17, 15) is 13.6 Å². The van der Waals surface area contributed by atoms with Crippen LogP contribution in [0.2, 0.25) is 0 Å². The van der Waals surface area contributed by atoms with E-state index >= 15 is 0 Å². The molecule has 9 heteroatoms. The molecule has 1 aromatic carbocycles. The van der Waals surface area contributed by atoms with Gasteiger partial charge in [-0.15, -0.1) is 12.4 Å². The third kappa shape index (κ3) is 5.47. The number of nitrogens with one attached hydrogen (secondary N) is 3. The number of hydrogen-bond donors (Lipinski definition) is 3. The second-order valence-corrected chi connectivity index (χ2v) is 4.78. The normalized spacial score (nSPS) is 10.3. The van der Waals surface area contributed by atoms with Gasteiger partial charge in [-0.2, -0.15) is 13.9 Å². The fourth-order valence-corrected chi connectivity index (χ4v) is 2.07. The van der Waals surface area contributed by atoms with Crippen molar-refractivity contribution in [3.8, 4) is 17.0 Å². The summed E-state index contributed by atoms with van der Waals surface area (Å²) in [5.41, 5.74) is 1.35. The van der Waals surface area contributed by atoms with Crippen molar-refractivity contribution in [3.05, 3.63) is 36.0 Å². The maximum absolute atomic E-state index is 12.3. The molecule has 0 atom stereocenters. The van der Waals surface area contributed by atoms with E-state index in [0.29, 0.717) is 23.4 Å². The molecule has 0 aliphatic carbocycles. The SMILES string of the molecule is CNCCCNC(=O)c1cn[nH]c1-c1cccc(OC(F)F)c1.Cl. The minimum Gasteiger partial charge on any atom is -0.435 e. The Morgan fingerprint density at radius 2 is 2.17 bits per heavy atom. The molecule has 0 aliphatic heterocycles. The third-order valence-electron chi connectivity index (χ3n) is 3.12. The molecular weight excluding hydrogens is 342 g/mol. The van der Waals surface area contributed by atoms with Crippen molar-refractivity contribution in [3.63, 3.8) is 0 Å². The molecule has 2 rings (SSSR count). The summed E-state index contributed by atoms with van der Waals surface area (Å²) in [6.07, 6.45) is 2.20. The molecule has 6 nitrogen and oxygen atoms in total. The monoisotopic (exact) mass is 360 g/mol. The number of nitrogens with zero attached hydrogens (tertiary/aromatic N) is 1. The number of aromatic nitrogens is 2. The van der Waals surface area contributed by atoms with Crippen LogP contribution in [0.1, 0.15) is 16.8 Å². The van der Waals surface area contributed by atoms with Crippen molar-refractivity contribution in [1.82, 2.24) is 20.8 Å². The summed E-state index contributed by atoms with van der Waals surface area (Å²) in [5.74, 6) is -0.252. The Kier molecular flexibility index (Phi) is 8.14. The second-order valence-electron chi connectivity index (χ2n) is 4.78. The molecule has 0 saturated carbocycles. The van der Waals surface area contributed by atoms with Crippen LogP contribution in [0.5, 0.6) is 5.75 Å². The number of carbonyl (C=O) groups is 1. The predicted octanol–water partition coefficient (Wildman–Crippen LogP) is 2.44. The molecule has 1 amide bonds. The van der Waals surface area contributed by atoms with Crippen LogP contribution in [0.25, 0.3) is 11.3 Å². The largest absolute Gasteiger partial charge is 0.435 e. The minimum absolute atomic E-state index is 0. The van der Waals surface area contributed by atoms with Crippen LogP contribution in [-0.4, -0.2) is 42.9 Å². The van der Waals surface area contributed by atoms with Gasteiger partial charge < -0.3 is 15.4 Å². The summed E-state index contributed by atoms with van der Waals surface area (Å²) in [6.45, 7) is -1.58. The van der Waals surface area contributed by atoms with Gasteiger partial charge in [0, 0.05) is 12.1 Å². The zero-order chi connectivity index (χ0) is 16.7. The molecule has 0 saturated heterocycles. The first-order valence-electron chi connectivity index (χ1n) is 7.13. The van der Waals surface area contributed by atoms with E-state index in [1.54, 1.807) is 12.1 Å². The fraction of sp³-hybridized carbons (Fsp3) is 0.333. The van der Waals surface area contributed by atoms with Gasteiger partial charge in [0.1, 0.15) is 5.75 Å². The van der Waals surface area contributed by atoms with Gasteiger partial charge in [0.05, 0.1) is 17.5 Å². The van der Waals surface area contributed by atoms with Crippen LogP contribution in [0, 0.1) is 0 Å². The molecule has 2 aromatic rings. The Morgan fingerprint density at radius 1 is 1.38 bits per heavy atom. The molecular formula is C15H19ClF2N4O2. The lowest BCUT2D eigenvalue weighted by molar-refractivity contribution is -0.0498. The van der Waals surface area contributed by atoms with Gasteiger partial charge >= 0.3 is 6.61 Å². The van der Waals surface area contributed by atoms with E-state index in [-0.39, 0.29) is 24.1 Å². The van der Waals surface area contributed by atoms with Gasteiger partial charge in [0.2, 0.25) is 0 Å². The van der Waals surface area contributed by atoms with E-state index < -0.39 is 6.61 Å². The van der Waals surface area contributed by atoms with Gasteiger partial charge in [0.25, 0.3) is 5.91 Å².